The van der Waals surface area contributed by atoms with Gasteiger partial charge in [0.25, 0.3) is 0 Å². The first-order valence-electron chi connectivity index (χ1n) is 6.48. The predicted octanol–water partition coefficient (Wildman–Crippen LogP) is 3.36. The number of hydrogen-bond donors (Lipinski definition) is 0. The molecule has 19 heavy (non-hydrogen) atoms. The zero-order valence-corrected chi connectivity index (χ0v) is 12.7. The van der Waals surface area contributed by atoms with Crippen LogP contribution in [0.25, 0.3) is 10.9 Å². The molecule has 0 aliphatic rings. The SMILES string of the molecule is COC(=O)c1cccc2ccn(C(C)C[CH](C)[Al])c12. The van der Waals surface area contributed by atoms with E-state index in [1.54, 1.807) is 0 Å². The molecule has 0 N–H and O–H groups in total. The highest BCUT2D eigenvalue weighted by Crippen LogP contribution is 2.27. The summed E-state index contributed by atoms with van der Waals surface area (Å²) in [4.78, 5) is 11.9. The highest BCUT2D eigenvalue weighted by Gasteiger charge is 2.16. The molecule has 0 fully saturated rings. The fraction of sp³-hybridized carbons (Fsp3) is 0.400. The van der Waals surface area contributed by atoms with Crippen molar-refractivity contribution >= 4 is 33.2 Å². The van der Waals surface area contributed by atoms with Crippen LogP contribution >= 0.6 is 0 Å². The molecule has 0 spiro atoms. The Kier molecular flexibility index (Phi) is 4.34. The Balaban J connectivity index is 2.53. The lowest BCUT2D eigenvalue weighted by Crippen LogP contribution is -2.10. The Morgan fingerprint density at radius 2 is 2.11 bits per heavy atom. The average molecular weight is 271 g/mol. The minimum absolute atomic E-state index is 0.281. The van der Waals surface area contributed by atoms with Crippen molar-refractivity contribution in [3.8, 4) is 0 Å². The van der Waals surface area contributed by atoms with Crippen LogP contribution in [0.4, 0.5) is 0 Å². The van der Waals surface area contributed by atoms with Gasteiger partial charge in [-0.15, -0.1) is 4.78 Å². The third-order valence-electron chi connectivity index (χ3n) is 3.33. The molecule has 0 bridgehead atoms. The van der Waals surface area contributed by atoms with Gasteiger partial charge in [-0.3, -0.25) is 0 Å². The highest BCUT2D eigenvalue weighted by atomic mass is 27.0. The molecule has 0 saturated heterocycles. The molecule has 0 amide bonds. The maximum absolute atomic E-state index is 11.9. The summed E-state index contributed by atoms with van der Waals surface area (Å²) in [7, 11) is 1.42. The number of carbonyl (C=O) groups excluding carboxylic acids is 1. The quantitative estimate of drug-likeness (QED) is 0.630. The first-order valence-corrected chi connectivity index (χ1v) is 7.14. The number of hydrogen-bond acceptors (Lipinski definition) is 2. The van der Waals surface area contributed by atoms with Gasteiger partial charge in [0.05, 0.1) is 18.2 Å². The number of ether oxygens (including phenoxy) is 1. The van der Waals surface area contributed by atoms with E-state index in [0.717, 1.165) is 17.3 Å². The molecule has 1 heterocycles. The van der Waals surface area contributed by atoms with Gasteiger partial charge in [0, 0.05) is 17.6 Å². The van der Waals surface area contributed by atoms with Crippen molar-refractivity contribution < 1.29 is 9.53 Å². The average Bonchev–Trinajstić information content (AvgIpc) is 2.80. The Morgan fingerprint density at radius 1 is 1.37 bits per heavy atom. The molecule has 3 nitrogen and oxygen atoms in total. The highest BCUT2D eigenvalue weighted by molar-refractivity contribution is 6.11. The second-order valence-corrected chi connectivity index (χ2v) is 6.16. The van der Waals surface area contributed by atoms with Gasteiger partial charge in [0.1, 0.15) is 16.3 Å². The summed E-state index contributed by atoms with van der Waals surface area (Å²) >= 11 is 2.82. The lowest BCUT2D eigenvalue weighted by Gasteiger charge is -2.19. The molecule has 2 rings (SSSR count). The number of rotatable bonds is 4. The molecule has 0 saturated carbocycles. The Hall–Kier alpha value is -1.24. The van der Waals surface area contributed by atoms with Crippen LogP contribution in [-0.4, -0.2) is 33.9 Å². The number of esters is 1. The van der Waals surface area contributed by atoms with Crippen molar-refractivity contribution in [1.29, 1.82) is 0 Å². The number of carbonyl (C=O) groups is 1. The van der Waals surface area contributed by atoms with Crippen LogP contribution in [-0.2, 0) is 4.74 Å². The normalized spacial score (nSPS) is 14.3. The molecule has 0 aliphatic heterocycles. The maximum atomic E-state index is 11.9. The van der Waals surface area contributed by atoms with Crippen molar-refractivity contribution in [3.05, 3.63) is 36.0 Å². The molecule has 2 atom stereocenters. The van der Waals surface area contributed by atoms with E-state index in [9.17, 15) is 4.79 Å². The standard InChI is InChI=1S/C15H18NO2.Al/c1-4-6-11(2)16-10-9-12-7-5-8-13(14(12)16)15(17)18-3;/h4-5,7-11H,6H2,1-3H3;. The molecule has 2 radical (unpaired) electrons. The molecule has 2 aromatic rings. The van der Waals surface area contributed by atoms with E-state index in [4.69, 9.17) is 4.74 Å². The molecular weight excluding hydrogens is 253 g/mol. The van der Waals surface area contributed by atoms with Crippen molar-refractivity contribution in [2.45, 2.75) is 31.1 Å². The first-order chi connectivity index (χ1) is 9.04. The van der Waals surface area contributed by atoms with Crippen LogP contribution in [0.2, 0.25) is 4.78 Å². The number of fused-ring (bicyclic) bond motifs is 1. The zero-order valence-electron chi connectivity index (χ0n) is 11.6. The molecule has 1 aromatic heterocycles. The van der Waals surface area contributed by atoms with Crippen molar-refractivity contribution in [2.24, 2.45) is 0 Å². The molecule has 4 heteroatoms. The Labute approximate surface area is 122 Å². The van der Waals surface area contributed by atoms with Crippen molar-refractivity contribution in [3.63, 3.8) is 0 Å². The Bertz CT molecular complexity index is 589. The van der Waals surface area contributed by atoms with Gasteiger partial charge in [-0.05, 0) is 25.5 Å². The summed E-state index contributed by atoms with van der Waals surface area (Å²) in [5.41, 5.74) is 1.60. The summed E-state index contributed by atoms with van der Waals surface area (Å²) in [5.74, 6) is -0.281. The van der Waals surface area contributed by atoms with E-state index in [0.29, 0.717) is 16.4 Å². The van der Waals surface area contributed by atoms with Crippen LogP contribution in [0, 0.1) is 0 Å². The third kappa shape index (κ3) is 2.86. The van der Waals surface area contributed by atoms with Gasteiger partial charge in [0.2, 0.25) is 0 Å². The largest absolute Gasteiger partial charge is 0.465 e. The summed E-state index contributed by atoms with van der Waals surface area (Å²) in [5, 5.41) is 1.08. The second kappa shape index (κ2) is 5.81. The van der Waals surface area contributed by atoms with E-state index < -0.39 is 0 Å². The number of nitrogens with zero attached hydrogens (tertiary/aromatic N) is 1. The van der Waals surface area contributed by atoms with Gasteiger partial charge in [0.15, 0.2) is 0 Å². The fourth-order valence-corrected chi connectivity index (χ4v) is 2.91. The van der Waals surface area contributed by atoms with Gasteiger partial charge in [-0.2, -0.15) is 0 Å². The minimum atomic E-state index is -0.281. The topological polar surface area (TPSA) is 31.2 Å². The van der Waals surface area contributed by atoms with Crippen molar-refractivity contribution in [1.82, 2.24) is 4.57 Å². The lowest BCUT2D eigenvalue weighted by atomic mass is 10.1. The fourth-order valence-electron chi connectivity index (χ4n) is 2.51. The number of methoxy groups -OCH3 is 1. The van der Waals surface area contributed by atoms with Crippen molar-refractivity contribution in [2.75, 3.05) is 7.11 Å². The summed E-state index contributed by atoms with van der Waals surface area (Å²) in [6.07, 6.45) is 3.10. The van der Waals surface area contributed by atoms with Crippen LogP contribution in [0.1, 0.15) is 36.7 Å². The van der Waals surface area contributed by atoms with Crippen LogP contribution in [0.3, 0.4) is 0 Å². The first kappa shape index (κ1) is 14.2. The van der Waals surface area contributed by atoms with E-state index in [2.05, 4.69) is 40.9 Å². The van der Waals surface area contributed by atoms with Gasteiger partial charge < -0.3 is 9.30 Å². The predicted molar refractivity (Wildman–Crippen MR) is 77.8 cm³/mol. The summed E-state index contributed by atoms with van der Waals surface area (Å²) in [6, 6.07) is 8.13. The zero-order chi connectivity index (χ0) is 14.0. The monoisotopic (exact) mass is 271 g/mol. The van der Waals surface area contributed by atoms with E-state index in [-0.39, 0.29) is 5.97 Å². The lowest BCUT2D eigenvalue weighted by molar-refractivity contribution is 0.0602. The smallest absolute Gasteiger partial charge is 0.340 e. The summed E-state index contributed by atoms with van der Waals surface area (Å²) in [6.45, 7) is 4.35. The molecule has 98 valence electrons. The number of aromatic nitrogens is 1. The molecular formula is C15H18AlNO2. The Morgan fingerprint density at radius 3 is 2.74 bits per heavy atom. The van der Waals surface area contributed by atoms with Gasteiger partial charge in [-0.1, -0.05) is 19.1 Å². The number of benzene rings is 1. The molecule has 0 aliphatic carbocycles. The van der Waals surface area contributed by atoms with Crippen LogP contribution < -0.4 is 0 Å². The maximum Gasteiger partial charge on any atom is 0.340 e. The van der Waals surface area contributed by atoms with E-state index in [1.165, 1.54) is 7.11 Å². The molecule has 1 aromatic carbocycles. The van der Waals surface area contributed by atoms with Crippen LogP contribution in [0.5, 0.6) is 0 Å². The second-order valence-electron chi connectivity index (χ2n) is 5.02. The number of para-hydroxylation sites is 1. The van der Waals surface area contributed by atoms with Gasteiger partial charge >= 0.3 is 5.97 Å². The third-order valence-corrected chi connectivity index (χ3v) is 3.61. The van der Waals surface area contributed by atoms with Gasteiger partial charge in [-0.25, -0.2) is 4.79 Å². The minimum Gasteiger partial charge on any atom is -0.465 e. The van der Waals surface area contributed by atoms with Crippen LogP contribution in [0.15, 0.2) is 30.5 Å². The van der Waals surface area contributed by atoms with E-state index in [1.807, 2.05) is 24.3 Å². The summed E-state index contributed by atoms with van der Waals surface area (Å²) < 4.78 is 7.58. The molecule has 2 unspecified atom stereocenters. The van der Waals surface area contributed by atoms with E-state index >= 15 is 0 Å².